The van der Waals surface area contributed by atoms with Gasteiger partial charge in [0.15, 0.2) is 0 Å². The number of carbonyl (C=O) groups excluding carboxylic acids is 1. The maximum absolute atomic E-state index is 13.9. The molecule has 0 heterocycles. The first-order valence-electron chi connectivity index (χ1n) is 6.54. The van der Waals surface area contributed by atoms with Crippen molar-refractivity contribution in [1.29, 1.82) is 0 Å². The molecule has 1 aromatic rings. The highest BCUT2D eigenvalue weighted by Gasteiger charge is 2.30. The minimum atomic E-state index is -0.916. The summed E-state index contributed by atoms with van der Waals surface area (Å²) in [5, 5.41) is 5.50. The second kappa shape index (κ2) is 6.22. The van der Waals surface area contributed by atoms with Gasteiger partial charge in [-0.15, -0.1) is 0 Å². The predicted molar refractivity (Wildman–Crippen MR) is 77.0 cm³/mol. The Morgan fingerprint density at radius 2 is 1.85 bits per heavy atom. The van der Waals surface area contributed by atoms with E-state index < -0.39 is 5.60 Å². The number of urea groups is 1. The Labute approximate surface area is 119 Å². The van der Waals surface area contributed by atoms with Gasteiger partial charge in [-0.05, 0) is 33.8 Å². The van der Waals surface area contributed by atoms with Gasteiger partial charge >= 0.3 is 6.03 Å². The minimum Gasteiger partial charge on any atom is -0.372 e. The summed E-state index contributed by atoms with van der Waals surface area (Å²) < 4.78 is 19.3. The van der Waals surface area contributed by atoms with Gasteiger partial charge in [0.1, 0.15) is 11.4 Å². The third-order valence-corrected chi connectivity index (χ3v) is 2.97. The fourth-order valence-electron chi connectivity index (χ4n) is 1.80. The third-order valence-electron chi connectivity index (χ3n) is 2.97. The molecule has 0 aliphatic heterocycles. The standard InChI is InChI=1S/C15H23FN2O2/c1-14(2,3)18-13(19)17-10-15(4,20-5)11-8-6-7-9-12(11)16/h6-9H,10H2,1-5H3,(H2,17,18,19). The van der Waals surface area contributed by atoms with Crippen LogP contribution in [0.3, 0.4) is 0 Å². The molecule has 1 rings (SSSR count). The molecule has 0 bridgehead atoms. The lowest BCUT2D eigenvalue weighted by Gasteiger charge is -2.30. The number of ether oxygens (including phenoxy) is 1. The summed E-state index contributed by atoms with van der Waals surface area (Å²) in [6.07, 6.45) is 0. The monoisotopic (exact) mass is 282 g/mol. The van der Waals surface area contributed by atoms with Gasteiger partial charge in [-0.2, -0.15) is 0 Å². The van der Waals surface area contributed by atoms with E-state index in [0.29, 0.717) is 5.56 Å². The molecule has 0 fully saturated rings. The SMILES string of the molecule is COC(C)(CNC(=O)NC(C)(C)C)c1ccccc1F. The Hall–Kier alpha value is -1.62. The number of benzene rings is 1. The highest BCUT2D eigenvalue weighted by Crippen LogP contribution is 2.26. The number of rotatable bonds is 4. The number of hydrogen-bond donors (Lipinski definition) is 2. The van der Waals surface area contributed by atoms with Crippen molar-refractivity contribution >= 4 is 6.03 Å². The molecule has 0 spiro atoms. The average Bonchev–Trinajstić information content (AvgIpc) is 2.34. The Bertz CT molecular complexity index is 471. The predicted octanol–water partition coefficient (Wildman–Crippen LogP) is 2.79. The highest BCUT2D eigenvalue weighted by molar-refractivity contribution is 5.74. The molecular formula is C15H23FN2O2. The summed E-state index contributed by atoms with van der Waals surface area (Å²) in [5.74, 6) is -0.352. The molecule has 0 aromatic heterocycles. The normalized spacial score (nSPS) is 14.5. The highest BCUT2D eigenvalue weighted by atomic mass is 19.1. The zero-order valence-electron chi connectivity index (χ0n) is 12.7. The first kappa shape index (κ1) is 16.4. The van der Waals surface area contributed by atoms with Crippen LogP contribution in [0.1, 0.15) is 33.3 Å². The number of nitrogens with one attached hydrogen (secondary N) is 2. The van der Waals surface area contributed by atoms with Crippen molar-refractivity contribution in [3.63, 3.8) is 0 Å². The molecule has 0 aliphatic rings. The van der Waals surface area contributed by atoms with Crippen molar-refractivity contribution < 1.29 is 13.9 Å². The second-order valence-electron chi connectivity index (χ2n) is 5.97. The Balaban J connectivity index is 2.77. The maximum Gasteiger partial charge on any atom is 0.315 e. The van der Waals surface area contributed by atoms with Gasteiger partial charge in [0.05, 0.1) is 6.54 Å². The smallest absolute Gasteiger partial charge is 0.315 e. The molecule has 1 atom stereocenters. The zero-order chi connectivity index (χ0) is 15.4. The molecule has 4 nitrogen and oxygen atoms in total. The van der Waals surface area contributed by atoms with E-state index >= 15 is 0 Å². The van der Waals surface area contributed by atoms with Crippen molar-refractivity contribution in [2.24, 2.45) is 0 Å². The van der Waals surface area contributed by atoms with Gasteiger partial charge in [0.2, 0.25) is 0 Å². The van der Waals surface area contributed by atoms with Crippen LogP contribution >= 0.6 is 0 Å². The van der Waals surface area contributed by atoms with Crippen molar-refractivity contribution in [3.8, 4) is 0 Å². The number of methoxy groups -OCH3 is 1. The molecule has 0 radical (unpaired) electrons. The van der Waals surface area contributed by atoms with Gasteiger partial charge < -0.3 is 15.4 Å². The lowest BCUT2D eigenvalue weighted by atomic mass is 9.95. The fourth-order valence-corrected chi connectivity index (χ4v) is 1.80. The van der Waals surface area contributed by atoms with Gasteiger partial charge in [0, 0.05) is 18.2 Å². The average molecular weight is 282 g/mol. The van der Waals surface area contributed by atoms with E-state index in [-0.39, 0.29) is 23.9 Å². The van der Waals surface area contributed by atoms with E-state index in [2.05, 4.69) is 10.6 Å². The molecule has 20 heavy (non-hydrogen) atoms. The van der Waals surface area contributed by atoms with E-state index in [0.717, 1.165) is 0 Å². The van der Waals surface area contributed by atoms with Crippen molar-refractivity contribution in [3.05, 3.63) is 35.6 Å². The van der Waals surface area contributed by atoms with Crippen LogP contribution in [0.25, 0.3) is 0 Å². The zero-order valence-corrected chi connectivity index (χ0v) is 12.7. The fraction of sp³-hybridized carbons (Fsp3) is 0.533. The number of halogens is 1. The van der Waals surface area contributed by atoms with Crippen LogP contribution in [0, 0.1) is 5.82 Å². The van der Waals surface area contributed by atoms with E-state index in [9.17, 15) is 9.18 Å². The Morgan fingerprint density at radius 3 is 2.35 bits per heavy atom. The molecule has 1 unspecified atom stereocenters. The van der Waals surface area contributed by atoms with Crippen LogP contribution in [0.5, 0.6) is 0 Å². The molecule has 2 N–H and O–H groups in total. The Kier molecular flexibility index (Phi) is 5.11. The lowest BCUT2D eigenvalue weighted by Crippen LogP contribution is -2.50. The second-order valence-corrected chi connectivity index (χ2v) is 5.97. The summed E-state index contributed by atoms with van der Waals surface area (Å²) in [7, 11) is 1.50. The number of amides is 2. The van der Waals surface area contributed by atoms with Crippen LogP contribution in [-0.4, -0.2) is 25.2 Å². The van der Waals surface area contributed by atoms with Crippen molar-refractivity contribution in [2.45, 2.75) is 38.8 Å². The van der Waals surface area contributed by atoms with Crippen LogP contribution in [0.4, 0.5) is 9.18 Å². The van der Waals surface area contributed by atoms with Crippen LogP contribution < -0.4 is 10.6 Å². The molecule has 1 aromatic carbocycles. The van der Waals surface area contributed by atoms with E-state index in [1.54, 1.807) is 25.1 Å². The summed E-state index contributed by atoms with van der Waals surface area (Å²) in [4.78, 5) is 11.8. The van der Waals surface area contributed by atoms with Crippen molar-refractivity contribution in [2.75, 3.05) is 13.7 Å². The van der Waals surface area contributed by atoms with E-state index in [1.807, 2.05) is 20.8 Å². The first-order valence-corrected chi connectivity index (χ1v) is 6.54. The van der Waals surface area contributed by atoms with Gasteiger partial charge in [-0.3, -0.25) is 0 Å². The summed E-state index contributed by atoms with van der Waals surface area (Å²) in [6.45, 7) is 7.58. The topological polar surface area (TPSA) is 50.4 Å². The summed E-state index contributed by atoms with van der Waals surface area (Å²) >= 11 is 0. The first-order chi connectivity index (χ1) is 9.18. The number of hydrogen-bond acceptors (Lipinski definition) is 2. The Morgan fingerprint density at radius 1 is 1.25 bits per heavy atom. The van der Waals surface area contributed by atoms with Crippen LogP contribution in [-0.2, 0) is 10.3 Å². The largest absolute Gasteiger partial charge is 0.372 e. The molecule has 0 saturated heterocycles. The molecule has 2 amide bonds. The molecule has 0 saturated carbocycles. The quantitative estimate of drug-likeness (QED) is 0.892. The summed E-state index contributed by atoms with van der Waals surface area (Å²) in [6, 6.07) is 6.08. The molecule has 112 valence electrons. The number of carbonyl (C=O) groups is 1. The third kappa shape index (κ3) is 4.49. The van der Waals surface area contributed by atoms with Crippen molar-refractivity contribution in [1.82, 2.24) is 10.6 Å². The minimum absolute atomic E-state index is 0.173. The molecule has 5 heteroatoms. The molecular weight excluding hydrogens is 259 g/mol. The summed E-state index contributed by atoms with van der Waals surface area (Å²) in [5.41, 5.74) is -0.829. The van der Waals surface area contributed by atoms with E-state index in [1.165, 1.54) is 13.2 Å². The van der Waals surface area contributed by atoms with Crippen LogP contribution in [0.15, 0.2) is 24.3 Å². The van der Waals surface area contributed by atoms with Crippen LogP contribution in [0.2, 0.25) is 0 Å². The van der Waals surface area contributed by atoms with E-state index in [4.69, 9.17) is 4.74 Å². The lowest BCUT2D eigenvalue weighted by molar-refractivity contribution is 0.00189. The van der Waals surface area contributed by atoms with Gasteiger partial charge in [0.25, 0.3) is 0 Å². The molecule has 0 aliphatic carbocycles. The van der Waals surface area contributed by atoms with Gasteiger partial charge in [-0.25, -0.2) is 9.18 Å². The maximum atomic E-state index is 13.9. The van der Waals surface area contributed by atoms with Gasteiger partial charge in [-0.1, -0.05) is 18.2 Å².